The van der Waals surface area contributed by atoms with E-state index in [2.05, 4.69) is 4.98 Å². The Balaban J connectivity index is 1.80. The molecule has 2 aromatic carbocycles. The molecule has 5 rings (SSSR count). The summed E-state index contributed by atoms with van der Waals surface area (Å²) < 4.78 is 18.4. The van der Waals surface area contributed by atoms with E-state index in [0.717, 1.165) is 12.8 Å². The van der Waals surface area contributed by atoms with Crippen LogP contribution in [-0.4, -0.2) is 18.7 Å². The van der Waals surface area contributed by atoms with Crippen LogP contribution in [0.4, 0.5) is 4.39 Å². The van der Waals surface area contributed by atoms with Crippen LogP contribution in [0.2, 0.25) is 5.02 Å². The van der Waals surface area contributed by atoms with Crippen molar-refractivity contribution in [1.82, 2.24) is 18.7 Å². The number of nitrogens with zero attached hydrogens (tertiary/aromatic N) is 4. The molecule has 0 bridgehead atoms. The van der Waals surface area contributed by atoms with Gasteiger partial charge in [0.1, 0.15) is 5.82 Å². The Morgan fingerprint density at radius 2 is 1.90 bits per heavy atom. The van der Waals surface area contributed by atoms with E-state index in [9.17, 15) is 14.0 Å². The first-order valence-electron chi connectivity index (χ1n) is 9.26. The summed E-state index contributed by atoms with van der Waals surface area (Å²) in [7, 11) is 0. The fourth-order valence-corrected chi connectivity index (χ4v) is 3.77. The van der Waals surface area contributed by atoms with Gasteiger partial charge in [0, 0.05) is 16.6 Å². The van der Waals surface area contributed by atoms with Crippen LogP contribution in [0.5, 0.6) is 0 Å². The highest BCUT2D eigenvalue weighted by Crippen LogP contribution is 2.32. The first-order chi connectivity index (χ1) is 14.0. The van der Waals surface area contributed by atoms with Crippen molar-refractivity contribution in [1.29, 1.82) is 0 Å². The van der Waals surface area contributed by atoms with Gasteiger partial charge in [0.05, 0.1) is 18.6 Å². The number of rotatable bonds is 4. The highest BCUT2D eigenvalue weighted by atomic mass is 35.5. The highest BCUT2D eigenvalue weighted by Gasteiger charge is 2.30. The van der Waals surface area contributed by atoms with Gasteiger partial charge in [-0.3, -0.25) is 9.36 Å². The fraction of sp³-hybridized carbons (Fsp3) is 0.190. The Morgan fingerprint density at radius 3 is 2.62 bits per heavy atom. The van der Waals surface area contributed by atoms with Gasteiger partial charge in [-0.05, 0) is 37.1 Å². The standard InChI is InChI=1S/C21H16ClFN4O2/c22-14-5-3-6-16(10-14)26-19-18(20(28)27(21(26)29)15-8-9-15)25(12-24-19)11-13-4-1-2-7-17(13)23/h1-7,10,12,15H,8-9,11H2. The summed E-state index contributed by atoms with van der Waals surface area (Å²) >= 11 is 6.12. The predicted octanol–water partition coefficient (Wildman–Crippen LogP) is 3.52. The van der Waals surface area contributed by atoms with E-state index < -0.39 is 11.2 Å². The molecule has 4 aromatic rings. The smallest absolute Gasteiger partial charge is 0.320 e. The van der Waals surface area contributed by atoms with Crippen molar-refractivity contribution in [2.24, 2.45) is 0 Å². The van der Waals surface area contributed by atoms with Crippen molar-refractivity contribution < 1.29 is 4.39 Å². The second kappa shape index (κ2) is 6.70. The van der Waals surface area contributed by atoms with E-state index in [4.69, 9.17) is 11.6 Å². The summed E-state index contributed by atoms with van der Waals surface area (Å²) in [6.07, 6.45) is 3.02. The van der Waals surface area contributed by atoms with Crippen molar-refractivity contribution in [3.8, 4) is 5.69 Å². The Morgan fingerprint density at radius 1 is 1.10 bits per heavy atom. The Bertz CT molecular complexity index is 1370. The number of hydrogen-bond donors (Lipinski definition) is 0. The number of imidazole rings is 1. The molecule has 0 saturated heterocycles. The van der Waals surface area contributed by atoms with Crippen LogP contribution < -0.4 is 11.2 Å². The van der Waals surface area contributed by atoms with Crippen molar-refractivity contribution in [2.75, 3.05) is 0 Å². The van der Waals surface area contributed by atoms with Gasteiger partial charge in [-0.2, -0.15) is 0 Å². The first-order valence-corrected chi connectivity index (χ1v) is 9.64. The zero-order valence-electron chi connectivity index (χ0n) is 15.3. The number of halogens is 2. The van der Waals surface area contributed by atoms with Crippen LogP contribution in [-0.2, 0) is 6.54 Å². The molecule has 0 amide bonds. The van der Waals surface area contributed by atoms with E-state index >= 15 is 0 Å². The van der Waals surface area contributed by atoms with E-state index in [1.54, 1.807) is 47.0 Å². The van der Waals surface area contributed by atoms with Crippen LogP contribution in [0.1, 0.15) is 24.4 Å². The molecule has 0 aliphatic heterocycles. The van der Waals surface area contributed by atoms with Gasteiger partial charge in [-0.25, -0.2) is 18.7 Å². The predicted molar refractivity (Wildman–Crippen MR) is 108 cm³/mol. The summed E-state index contributed by atoms with van der Waals surface area (Å²) in [6.45, 7) is 0.136. The second-order valence-electron chi connectivity index (χ2n) is 7.14. The van der Waals surface area contributed by atoms with E-state index in [1.807, 2.05) is 0 Å². The third-order valence-electron chi connectivity index (χ3n) is 5.13. The molecule has 1 aliphatic rings. The number of hydrogen-bond acceptors (Lipinski definition) is 3. The third-order valence-corrected chi connectivity index (χ3v) is 5.36. The normalized spacial score (nSPS) is 13.9. The molecular weight excluding hydrogens is 395 g/mol. The summed E-state index contributed by atoms with van der Waals surface area (Å²) in [5.41, 5.74) is 0.612. The first kappa shape index (κ1) is 17.9. The molecule has 0 radical (unpaired) electrons. The van der Waals surface area contributed by atoms with E-state index in [0.29, 0.717) is 16.3 Å². The van der Waals surface area contributed by atoms with Crippen molar-refractivity contribution >= 4 is 22.8 Å². The minimum Gasteiger partial charge on any atom is -0.320 e. The SMILES string of the molecule is O=c1c2c(ncn2Cc2ccccc2F)n(-c2cccc(Cl)c2)c(=O)n1C1CC1. The Labute approximate surface area is 169 Å². The van der Waals surface area contributed by atoms with Gasteiger partial charge in [-0.15, -0.1) is 0 Å². The number of fused-ring (bicyclic) bond motifs is 1. The molecule has 0 atom stereocenters. The molecule has 0 spiro atoms. The van der Waals surface area contributed by atoms with Gasteiger partial charge < -0.3 is 4.57 Å². The highest BCUT2D eigenvalue weighted by molar-refractivity contribution is 6.30. The molecule has 1 fully saturated rings. The van der Waals surface area contributed by atoms with Gasteiger partial charge >= 0.3 is 5.69 Å². The largest absolute Gasteiger partial charge is 0.337 e. The molecule has 8 heteroatoms. The molecule has 0 N–H and O–H groups in total. The Kier molecular flexibility index (Phi) is 4.13. The lowest BCUT2D eigenvalue weighted by Crippen LogP contribution is -2.39. The van der Waals surface area contributed by atoms with E-state index in [-0.39, 0.29) is 29.6 Å². The number of benzene rings is 2. The molecule has 0 unspecified atom stereocenters. The van der Waals surface area contributed by atoms with Crippen molar-refractivity contribution in [3.63, 3.8) is 0 Å². The molecule has 1 saturated carbocycles. The maximum Gasteiger partial charge on any atom is 0.337 e. The minimum atomic E-state index is -0.441. The zero-order chi connectivity index (χ0) is 20.1. The number of aromatic nitrogens is 4. The van der Waals surface area contributed by atoms with Crippen LogP contribution in [0.15, 0.2) is 64.4 Å². The monoisotopic (exact) mass is 410 g/mol. The van der Waals surface area contributed by atoms with Crippen LogP contribution in [0.3, 0.4) is 0 Å². The lowest BCUT2D eigenvalue weighted by atomic mass is 10.2. The van der Waals surface area contributed by atoms with E-state index in [1.165, 1.54) is 21.5 Å². The summed E-state index contributed by atoms with van der Waals surface area (Å²) in [4.78, 5) is 30.7. The van der Waals surface area contributed by atoms with Crippen molar-refractivity contribution in [2.45, 2.75) is 25.4 Å². The van der Waals surface area contributed by atoms with Gasteiger partial charge in [0.2, 0.25) is 0 Å². The molecule has 146 valence electrons. The van der Waals surface area contributed by atoms with Gasteiger partial charge in [0.25, 0.3) is 5.56 Å². The maximum absolute atomic E-state index is 14.2. The molecule has 1 aliphatic carbocycles. The third kappa shape index (κ3) is 2.98. The second-order valence-corrected chi connectivity index (χ2v) is 7.58. The lowest BCUT2D eigenvalue weighted by molar-refractivity contribution is 0.599. The molecule has 29 heavy (non-hydrogen) atoms. The maximum atomic E-state index is 14.2. The minimum absolute atomic E-state index is 0.123. The topological polar surface area (TPSA) is 61.8 Å². The molecule has 6 nitrogen and oxygen atoms in total. The summed E-state index contributed by atoms with van der Waals surface area (Å²) in [6, 6.07) is 13.1. The molecular formula is C21H16ClFN4O2. The van der Waals surface area contributed by atoms with Gasteiger partial charge in [-0.1, -0.05) is 35.9 Å². The van der Waals surface area contributed by atoms with Crippen molar-refractivity contribution in [3.05, 3.63) is 92.1 Å². The Hall–Kier alpha value is -3.19. The van der Waals surface area contributed by atoms with Crippen LogP contribution >= 0.6 is 11.6 Å². The summed E-state index contributed by atoms with van der Waals surface area (Å²) in [5, 5.41) is 0.470. The molecule has 2 aromatic heterocycles. The quantitative estimate of drug-likeness (QED) is 0.517. The van der Waals surface area contributed by atoms with Gasteiger partial charge in [0.15, 0.2) is 11.2 Å². The average molecular weight is 411 g/mol. The molecule has 2 heterocycles. The lowest BCUT2D eigenvalue weighted by Gasteiger charge is -2.12. The van der Waals surface area contributed by atoms with Crippen LogP contribution in [0, 0.1) is 5.82 Å². The average Bonchev–Trinajstić information content (AvgIpc) is 3.44. The van der Waals surface area contributed by atoms with Crippen LogP contribution in [0.25, 0.3) is 16.9 Å². The zero-order valence-corrected chi connectivity index (χ0v) is 16.0. The fourth-order valence-electron chi connectivity index (χ4n) is 3.59. The summed E-state index contributed by atoms with van der Waals surface area (Å²) in [5.74, 6) is -0.361.